The number of rotatable bonds is 4. The molecule has 0 saturated carbocycles. The van der Waals surface area contributed by atoms with Gasteiger partial charge in [-0.3, -0.25) is 9.59 Å². The van der Waals surface area contributed by atoms with Crippen LogP contribution in [0.2, 0.25) is 0 Å². The van der Waals surface area contributed by atoms with Crippen molar-refractivity contribution in [3.05, 3.63) is 71.6 Å². The summed E-state index contributed by atoms with van der Waals surface area (Å²) in [5.74, 6) is 0.561. The molecule has 0 atom stereocenters. The molecule has 0 saturated heterocycles. The molecule has 0 aliphatic carbocycles. The SMILES string of the molecule is Cc1occc1C(=O)Nc1cccc(NC(=O)c2ccoc2C)c1. The lowest BCUT2D eigenvalue weighted by atomic mass is 10.2. The van der Waals surface area contributed by atoms with Crippen LogP contribution in [-0.2, 0) is 0 Å². The highest BCUT2D eigenvalue weighted by Gasteiger charge is 2.13. The molecule has 0 radical (unpaired) electrons. The highest BCUT2D eigenvalue weighted by Crippen LogP contribution is 2.19. The van der Waals surface area contributed by atoms with Gasteiger partial charge < -0.3 is 19.5 Å². The lowest BCUT2D eigenvalue weighted by Crippen LogP contribution is -2.14. The van der Waals surface area contributed by atoms with Gasteiger partial charge in [0.05, 0.1) is 23.7 Å². The minimum absolute atomic E-state index is 0.268. The van der Waals surface area contributed by atoms with Gasteiger partial charge in [-0.2, -0.15) is 0 Å². The number of benzene rings is 1. The van der Waals surface area contributed by atoms with E-state index in [1.165, 1.54) is 12.5 Å². The summed E-state index contributed by atoms with van der Waals surface area (Å²) in [6.45, 7) is 3.44. The minimum Gasteiger partial charge on any atom is -0.469 e. The number of aryl methyl sites for hydroxylation is 2. The van der Waals surface area contributed by atoms with Crippen LogP contribution in [0.3, 0.4) is 0 Å². The Balaban J connectivity index is 1.73. The lowest BCUT2D eigenvalue weighted by Gasteiger charge is -2.08. The molecule has 2 amide bonds. The first-order valence-electron chi connectivity index (χ1n) is 7.35. The maximum absolute atomic E-state index is 12.2. The van der Waals surface area contributed by atoms with Gasteiger partial charge in [0.15, 0.2) is 0 Å². The molecule has 0 aliphatic heterocycles. The number of furan rings is 2. The Bertz CT molecular complexity index is 822. The van der Waals surface area contributed by atoms with Gasteiger partial charge in [-0.25, -0.2) is 0 Å². The molecule has 0 bridgehead atoms. The molecule has 3 aromatic rings. The van der Waals surface area contributed by atoms with E-state index in [9.17, 15) is 9.59 Å². The summed E-state index contributed by atoms with van der Waals surface area (Å²) < 4.78 is 10.3. The van der Waals surface area contributed by atoms with Gasteiger partial charge in [-0.05, 0) is 44.2 Å². The second kappa shape index (κ2) is 6.45. The number of carbonyl (C=O) groups is 2. The zero-order chi connectivity index (χ0) is 17.1. The van der Waals surface area contributed by atoms with Gasteiger partial charge in [0, 0.05) is 11.4 Å². The van der Waals surface area contributed by atoms with E-state index < -0.39 is 0 Å². The second-order valence-corrected chi connectivity index (χ2v) is 5.27. The van der Waals surface area contributed by atoms with Crippen LogP contribution in [0, 0.1) is 13.8 Å². The summed E-state index contributed by atoms with van der Waals surface area (Å²) in [5.41, 5.74) is 2.08. The Labute approximate surface area is 138 Å². The quantitative estimate of drug-likeness (QED) is 0.760. The normalized spacial score (nSPS) is 10.4. The van der Waals surface area contributed by atoms with Crippen LogP contribution in [-0.4, -0.2) is 11.8 Å². The molecule has 24 heavy (non-hydrogen) atoms. The van der Waals surface area contributed by atoms with Crippen molar-refractivity contribution < 1.29 is 18.4 Å². The smallest absolute Gasteiger partial charge is 0.259 e. The number of amides is 2. The summed E-state index contributed by atoms with van der Waals surface area (Å²) in [6.07, 6.45) is 2.93. The van der Waals surface area contributed by atoms with Crippen LogP contribution < -0.4 is 10.6 Å². The van der Waals surface area contributed by atoms with E-state index in [-0.39, 0.29) is 11.8 Å². The molecule has 122 valence electrons. The monoisotopic (exact) mass is 324 g/mol. The second-order valence-electron chi connectivity index (χ2n) is 5.27. The molecule has 2 N–H and O–H groups in total. The Kier molecular flexibility index (Phi) is 4.20. The van der Waals surface area contributed by atoms with Crippen LogP contribution in [0.25, 0.3) is 0 Å². The van der Waals surface area contributed by atoms with Gasteiger partial charge in [-0.15, -0.1) is 0 Å². The number of carbonyl (C=O) groups excluding carboxylic acids is 2. The zero-order valence-corrected chi connectivity index (χ0v) is 13.3. The predicted octanol–water partition coefficient (Wildman–Crippen LogP) is 3.99. The first-order valence-corrected chi connectivity index (χ1v) is 7.35. The molecule has 6 heteroatoms. The number of anilines is 2. The highest BCUT2D eigenvalue weighted by molar-refractivity contribution is 6.07. The molecule has 6 nitrogen and oxygen atoms in total. The molecule has 0 spiro atoms. The maximum Gasteiger partial charge on any atom is 0.259 e. The standard InChI is InChI=1S/C18H16N2O4/c1-11-15(6-8-23-11)17(21)19-13-4-3-5-14(10-13)20-18(22)16-7-9-24-12(16)2/h3-10H,1-2H3,(H,19,21)(H,20,22). The molecular weight excluding hydrogens is 308 g/mol. The van der Waals surface area contributed by atoms with E-state index in [1.807, 2.05) is 0 Å². The molecule has 2 aromatic heterocycles. The van der Waals surface area contributed by atoms with Crippen molar-refractivity contribution in [2.75, 3.05) is 10.6 Å². The average molecular weight is 324 g/mol. The van der Waals surface area contributed by atoms with Crippen LogP contribution >= 0.6 is 0 Å². The van der Waals surface area contributed by atoms with Gasteiger partial charge >= 0.3 is 0 Å². The number of hydrogen-bond acceptors (Lipinski definition) is 4. The van der Waals surface area contributed by atoms with Crippen LogP contribution in [0.5, 0.6) is 0 Å². The number of hydrogen-bond donors (Lipinski definition) is 2. The van der Waals surface area contributed by atoms with Crippen molar-refractivity contribution in [3.8, 4) is 0 Å². The minimum atomic E-state index is -0.268. The largest absolute Gasteiger partial charge is 0.469 e. The van der Waals surface area contributed by atoms with E-state index in [2.05, 4.69) is 10.6 Å². The first kappa shape index (κ1) is 15.6. The van der Waals surface area contributed by atoms with Crippen molar-refractivity contribution in [1.82, 2.24) is 0 Å². The maximum atomic E-state index is 12.2. The Morgan fingerprint density at radius 1 is 0.792 bits per heavy atom. The summed E-state index contributed by atoms with van der Waals surface area (Å²) in [4.78, 5) is 24.4. The fourth-order valence-electron chi connectivity index (χ4n) is 2.31. The molecule has 0 aliphatic rings. The molecular formula is C18H16N2O4. The fourth-order valence-corrected chi connectivity index (χ4v) is 2.31. The molecule has 1 aromatic carbocycles. The Hall–Kier alpha value is -3.28. The van der Waals surface area contributed by atoms with E-state index in [1.54, 1.807) is 50.2 Å². The van der Waals surface area contributed by atoms with E-state index in [0.29, 0.717) is 34.0 Å². The van der Waals surface area contributed by atoms with Crippen molar-refractivity contribution in [2.24, 2.45) is 0 Å². The summed E-state index contributed by atoms with van der Waals surface area (Å²) in [5, 5.41) is 5.55. The summed E-state index contributed by atoms with van der Waals surface area (Å²) in [6, 6.07) is 10.1. The Morgan fingerprint density at radius 2 is 1.25 bits per heavy atom. The van der Waals surface area contributed by atoms with Crippen molar-refractivity contribution in [1.29, 1.82) is 0 Å². The third-order valence-corrected chi connectivity index (χ3v) is 3.59. The average Bonchev–Trinajstić information content (AvgIpc) is 3.16. The molecule has 3 rings (SSSR count). The first-order chi connectivity index (χ1) is 11.5. The molecule has 2 heterocycles. The van der Waals surface area contributed by atoms with E-state index >= 15 is 0 Å². The zero-order valence-electron chi connectivity index (χ0n) is 13.3. The predicted molar refractivity (Wildman–Crippen MR) is 89.2 cm³/mol. The van der Waals surface area contributed by atoms with Gasteiger partial charge in [-0.1, -0.05) is 6.07 Å². The van der Waals surface area contributed by atoms with E-state index in [0.717, 1.165) is 0 Å². The summed E-state index contributed by atoms with van der Waals surface area (Å²) in [7, 11) is 0. The van der Waals surface area contributed by atoms with Crippen molar-refractivity contribution >= 4 is 23.2 Å². The van der Waals surface area contributed by atoms with Gasteiger partial charge in [0.25, 0.3) is 11.8 Å². The summed E-state index contributed by atoms with van der Waals surface area (Å²) >= 11 is 0. The lowest BCUT2D eigenvalue weighted by molar-refractivity contribution is 0.101. The van der Waals surface area contributed by atoms with Crippen LogP contribution in [0.1, 0.15) is 32.2 Å². The topological polar surface area (TPSA) is 84.5 Å². The van der Waals surface area contributed by atoms with Crippen molar-refractivity contribution in [2.45, 2.75) is 13.8 Å². The van der Waals surface area contributed by atoms with Crippen LogP contribution in [0.15, 0.2) is 57.8 Å². The third kappa shape index (κ3) is 3.22. The molecule has 0 fully saturated rings. The third-order valence-electron chi connectivity index (χ3n) is 3.59. The molecule has 0 unspecified atom stereocenters. The van der Waals surface area contributed by atoms with Crippen LogP contribution in [0.4, 0.5) is 11.4 Å². The van der Waals surface area contributed by atoms with Crippen molar-refractivity contribution in [3.63, 3.8) is 0 Å². The Morgan fingerprint density at radius 3 is 1.62 bits per heavy atom. The number of nitrogens with one attached hydrogen (secondary N) is 2. The fraction of sp³-hybridized carbons (Fsp3) is 0.111. The highest BCUT2D eigenvalue weighted by atomic mass is 16.3. The van der Waals surface area contributed by atoms with Gasteiger partial charge in [0.1, 0.15) is 11.5 Å². The van der Waals surface area contributed by atoms with Gasteiger partial charge in [0.2, 0.25) is 0 Å². The van der Waals surface area contributed by atoms with E-state index in [4.69, 9.17) is 8.83 Å².